The minimum atomic E-state index is -2.20. The Kier molecular flexibility index (Phi) is 9.11. The van der Waals surface area contributed by atoms with E-state index < -0.39 is 65.6 Å². The van der Waals surface area contributed by atoms with E-state index in [4.69, 9.17) is 15.2 Å². The lowest BCUT2D eigenvalue weighted by Crippen LogP contribution is -2.69. The van der Waals surface area contributed by atoms with Crippen LogP contribution in [0.2, 0.25) is 0 Å². The van der Waals surface area contributed by atoms with Crippen LogP contribution in [0.5, 0.6) is 5.75 Å². The molecule has 0 radical (unpaired) electrons. The average molecular weight is 727 g/mol. The van der Waals surface area contributed by atoms with Gasteiger partial charge in [-0.05, 0) is 90.5 Å². The molecular weight excluding hydrogens is 680 g/mol. The molecule has 2 aromatic rings. The number of dihydropyridines is 1. The number of allylic oxidation sites excluding steroid dienone is 6. The summed E-state index contributed by atoms with van der Waals surface area (Å²) in [6, 6.07) is 11.8. The predicted octanol–water partition coefficient (Wildman–Crippen LogP) is 2.63. The molecule has 0 spiro atoms. The van der Waals surface area contributed by atoms with E-state index in [1.807, 2.05) is 24.3 Å². The van der Waals surface area contributed by atoms with E-state index in [1.54, 1.807) is 12.1 Å². The van der Waals surface area contributed by atoms with Gasteiger partial charge in [0.25, 0.3) is 0 Å². The van der Waals surface area contributed by atoms with Crippen molar-refractivity contribution in [3.8, 4) is 5.75 Å². The Bertz CT molecular complexity index is 1970. The SMILES string of the molecule is NC1=CC2=C(CCC3CCCC23CC2(O)C(O)C(CO)OC(Oc3cccc4c3C(=O)C3C(O)=CC(Cc5cccc(CO)c5)=CC3C4=O)C2O)CN1. The summed E-state index contributed by atoms with van der Waals surface area (Å²) in [5, 5.41) is 70.2. The molecule has 0 amide bonds. The molecule has 6 aliphatic rings. The number of carbonyl (C=O) groups is 2. The first-order chi connectivity index (χ1) is 25.5. The lowest BCUT2D eigenvalue weighted by atomic mass is 9.58. The summed E-state index contributed by atoms with van der Waals surface area (Å²) >= 11 is 0. The van der Waals surface area contributed by atoms with Crippen molar-refractivity contribution < 1.29 is 49.7 Å². The number of benzene rings is 2. The van der Waals surface area contributed by atoms with Gasteiger partial charge in [0, 0.05) is 17.5 Å². The molecule has 280 valence electrons. The fraction of sp³-hybridized carbons (Fsp3) is 0.463. The van der Waals surface area contributed by atoms with Crippen LogP contribution in [-0.2, 0) is 17.8 Å². The molecule has 9 atom stereocenters. The molecule has 2 fully saturated rings. The molecule has 4 aliphatic carbocycles. The smallest absolute Gasteiger partial charge is 0.229 e. The van der Waals surface area contributed by atoms with E-state index in [1.165, 1.54) is 29.8 Å². The van der Waals surface area contributed by atoms with Crippen molar-refractivity contribution in [3.63, 3.8) is 0 Å². The van der Waals surface area contributed by atoms with Gasteiger partial charge in [-0.3, -0.25) is 9.59 Å². The fourth-order valence-corrected chi connectivity index (χ4v) is 10.0. The van der Waals surface area contributed by atoms with E-state index in [-0.39, 0.29) is 41.6 Å². The third-order valence-electron chi connectivity index (χ3n) is 12.5. The Balaban J connectivity index is 1.10. The highest BCUT2D eigenvalue weighted by atomic mass is 16.7. The van der Waals surface area contributed by atoms with Crippen LogP contribution in [-0.4, -0.2) is 85.6 Å². The number of hydrogen-bond acceptors (Lipinski definition) is 12. The van der Waals surface area contributed by atoms with Crippen LogP contribution in [0.3, 0.4) is 0 Å². The lowest BCUT2D eigenvalue weighted by Gasteiger charge is -2.53. The highest BCUT2D eigenvalue weighted by Gasteiger charge is 2.62. The Morgan fingerprint density at radius 1 is 1.00 bits per heavy atom. The Morgan fingerprint density at radius 3 is 2.58 bits per heavy atom. The molecule has 12 nitrogen and oxygen atoms in total. The zero-order valence-electron chi connectivity index (χ0n) is 29.3. The lowest BCUT2D eigenvalue weighted by molar-refractivity contribution is -0.320. The first kappa shape index (κ1) is 35.7. The molecule has 1 saturated heterocycles. The number of ether oxygens (including phenoxy) is 2. The topological polar surface area (TPSA) is 212 Å². The van der Waals surface area contributed by atoms with Gasteiger partial charge < -0.3 is 51.2 Å². The van der Waals surface area contributed by atoms with Crippen LogP contribution in [0.25, 0.3) is 0 Å². The zero-order chi connectivity index (χ0) is 37.2. The first-order valence-electron chi connectivity index (χ1n) is 18.4. The third kappa shape index (κ3) is 5.83. The van der Waals surface area contributed by atoms with Gasteiger partial charge in [0.1, 0.15) is 35.4 Å². The van der Waals surface area contributed by atoms with Crippen molar-refractivity contribution in [3.05, 3.63) is 111 Å². The van der Waals surface area contributed by atoms with Crippen LogP contribution < -0.4 is 15.8 Å². The summed E-state index contributed by atoms with van der Waals surface area (Å²) < 4.78 is 12.1. The maximum atomic E-state index is 14.2. The van der Waals surface area contributed by atoms with Gasteiger partial charge in [0.2, 0.25) is 6.29 Å². The van der Waals surface area contributed by atoms with Crippen molar-refractivity contribution in [2.45, 2.75) is 81.8 Å². The Morgan fingerprint density at radius 2 is 1.79 bits per heavy atom. The van der Waals surface area contributed by atoms with Crippen LogP contribution in [0.4, 0.5) is 0 Å². The number of aliphatic hydroxyl groups excluding tert-OH is 5. The number of Topliss-reactive ketones (excluding diaryl/α,β-unsaturated/α-hetero) is 2. The number of nitrogens with two attached hydrogens (primary N) is 1. The van der Waals surface area contributed by atoms with Crippen LogP contribution >= 0.6 is 0 Å². The number of hydrogen-bond donors (Lipinski definition) is 8. The standard InChI is InChI=1S/C41H46N2O10/c42-32-16-28-24(17-43-32)9-10-25-6-3-11-40(25,28)20-41(51)37(49)31(19-45)53-39(38(41)50)52-30-8-2-7-26-34(30)36(48)33-27(35(26)47)14-23(15-29(33)46)13-21-4-1-5-22(12-21)18-44/h1-2,4-5,7-8,12,14-16,25,27,31,33,37-39,43-46,49-51H,3,6,9-11,13,17-20,42H2. The summed E-state index contributed by atoms with van der Waals surface area (Å²) in [4.78, 5) is 28.2. The van der Waals surface area contributed by atoms with Crippen molar-refractivity contribution in [1.29, 1.82) is 0 Å². The molecule has 0 bridgehead atoms. The maximum absolute atomic E-state index is 14.2. The van der Waals surface area contributed by atoms with Crippen LogP contribution in [0, 0.1) is 23.2 Å². The minimum Gasteiger partial charge on any atom is -0.511 e. The number of aliphatic hydroxyl groups is 6. The van der Waals surface area contributed by atoms with Gasteiger partial charge in [0.05, 0.1) is 36.4 Å². The van der Waals surface area contributed by atoms with Gasteiger partial charge >= 0.3 is 0 Å². The summed E-state index contributed by atoms with van der Waals surface area (Å²) in [6.07, 6.45) is 3.21. The van der Waals surface area contributed by atoms with Crippen molar-refractivity contribution in [1.82, 2.24) is 5.32 Å². The molecule has 2 heterocycles. The minimum absolute atomic E-state index is 0.0406. The highest BCUT2D eigenvalue weighted by Crippen LogP contribution is 2.60. The number of carbonyl (C=O) groups excluding carboxylic acids is 2. The molecule has 53 heavy (non-hydrogen) atoms. The second-order valence-corrected chi connectivity index (χ2v) is 15.5. The third-order valence-corrected chi connectivity index (χ3v) is 12.5. The monoisotopic (exact) mass is 726 g/mol. The quantitative estimate of drug-likeness (QED) is 0.197. The molecule has 8 rings (SSSR count). The van der Waals surface area contributed by atoms with E-state index in [0.717, 1.165) is 42.4 Å². The van der Waals surface area contributed by atoms with Gasteiger partial charge in [0.15, 0.2) is 11.6 Å². The number of fused-ring (bicyclic) bond motifs is 4. The second kappa shape index (κ2) is 13.5. The number of rotatable bonds is 8. The van der Waals surface area contributed by atoms with E-state index in [9.17, 15) is 40.2 Å². The van der Waals surface area contributed by atoms with E-state index in [0.29, 0.717) is 30.8 Å². The van der Waals surface area contributed by atoms with Crippen molar-refractivity contribution >= 4 is 11.6 Å². The van der Waals surface area contributed by atoms with E-state index in [2.05, 4.69) is 5.32 Å². The average Bonchev–Trinajstić information content (AvgIpc) is 3.57. The second-order valence-electron chi connectivity index (χ2n) is 15.5. The predicted molar refractivity (Wildman–Crippen MR) is 191 cm³/mol. The molecule has 2 aliphatic heterocycles. The molecule has 1 saturated carbocycles. The van der Waals surface area contributed by atoms with Gasteiger partial charge in [-0.1, -0.05) is 48.9 Å². The molecule has 9 N–H and O–H groups in total. The summed E-state index contributed by atoms with van der Waals surface area (Å²) in [7, 11) is 0. The molecule has 0 aromatic heterocycles. The van der Waals surface area contributed by atoms with Gasteiger partial charge in [-0.15, -0.1) is 0 Å². The Labute approximate surface area is 306 Å². The Hall–Kier alpha value is -4.30. The fourth-order valence-electron chi connectivity index (χ4n) is 10.0. The first-order valence-corrected chi connectivity index (χ1v) is 18.4. The molecule has 12 heteroatoms. The zero-order valence-corrected chi connectivity index (χ0v) is 29.3. The highest BCUT2D eigenvalue weighted by molar-refractivity contribution is 6.19. The van der Waals surface area contributed by atoms with Crippen LogP contribution in [0.15, 0.2) is 89.0 Å². The summed E-state index contributed by atoms with van der Waals surface area (Å²) in [6.45, 7) is -0.234. The van der Waals surface area contributed by atoms with Crippen molar-refractivity contribution in [2.75, 3.05) is 13.2 Å². The van der Waals surface area contributed by atoms with Gasteiger partial charge in [-0.2, -0.15) is 0 Å². The largest absolute Gasteiger partial charge is 0.511 e. The normalized spacial score (nSPS) is 34.9. The molecule has 9 unspecified atom stereocenters. The molecule has 2 aromatic carbocycles. The van der Waals surface area contributed by atoms with Crippen molar-refractivity contribution in [2.24, 2.45) is 28.9 Å². The molecular formula is C41H46N2O10. The van der Waals surface area contributed by atoms with Gasteiger partial charge in [-0.25, -0.2) is 0 Å². The number of ketones is 2. The number of nitrogens with one attached hydrogen (secondary N) is 1. The summed E-state index contributed by atoms with van der Waals surface area (Å²) in [5.74, 6) is -2.81. The maximum Gasteiger partial charge on any atom is 0.229 e. The van der Waals surface area contributed by atoms with E-state index >= 15 is 0 Å². The van der Waals surface area contributed by atoms with Crippen LogP contribution in [0.1, 0.15) is 70.4 Å². The summed E-state index contributed by atoms with van der Waals surface area (Å²) in [5.41, 5.74) is 7.86.